The second-order valence-corrected chi connectivity index (χ2v) is 8.10. The number of carbonyl (C=O) groups is 2. The van der Waals surface area contributed by atoms with E-state index in [9.17, 15) is 14.0 Å². The third-order valence-corrected chi connectivity index (χ3v) is 4.70. The second kappa shape index (κ2) is 8.30. The van der Waals surface area contributed by atoms with Crippen molar-refractivity contribution in [2.24, 2.45) is 0 Å². The zero-order chi connectivity index (χ0) is 20.3. The van der Waals surface area contributed by atoms with Gasteiger partial charge in [-0.05, 0) is 45.7 Å². The van der Waals surface area contributed by atoms with Gasteiger partial charge in [0.25, 0.3) is 5.91 Å². The Morgan fingerprint density at radius 3 is 2.29 bits per heavy atom. The predicted octanol–water partition coefficient (Wildman–Crippen LogP) is 2.02. The average molecular weight is 393 g/mol. The topological polar surface area (TPSA) is 78.0 Å². The molecule has 154 valence electrons. The highest BCUT2D eigenvalue weighted by Gasteiger charge is 2.27. The molecule has 1 aromatic heterocycles. The molecule has 3 rings (SSSR count). The Balaban J connectivity index is 1.57. The molecule has 0 radical (unpaired) electrons. The number of carbonyl (C=O) groups excluding carboxylic acids is 2. The van der Waals surface area contributed by atoms with Gasteiger partial charge in [0.15, 0.2) is 0 Å². The maximum Gasteiger partial charge on any atom is 0.410 e. The van der Waals surface area contributed by atoms with E-state index in [1.165, 1.54) is 6.07 Å². The van der Waals surface area contributed by atoms with Gasteiger partial charge < -0.3 is 14.5 Å². The first-order valence-corrected chi connectivity index (χ1v) is 9.68. The number of ether oxygens (including phenoxy) is 1. The number of hydrogen-bond donors (Lipinski definition) is 1. The highest BCUT2D eigenvalue weighted by atomic mass is 19.1. The van der Waals surface area contributed by atoms with Gasteiger partial charge in [-0.2, -0.15) is 4.39 Å². The van der Waals surface area contributed by atoms with Crippen LogP contribution >= 0.6 is 0 Å². The molecule has 8 nitrogen and oxygen atoms in total. The van der Waals surface area contributed by atoms with E-state index in [0.29, 0.717) is 31.9 Å². The summed E-state index contributed by atoms with van der Waals surface area (Å²) in [5.74, 6) is -1.08. The lowest BCUT2D eigenvalue weighted by atomic mass is 10.2. The number of hydrazine groups is 1. The summed E-state index contributed by atoms with van der Waals surface area (Å²) < 4.78 is 19.9. The SMILES string of the molecule is CC(C)(C)OC(=O)N1CCN(c2ccc(C(=O)NN3CCCC3)nc2F)CC1. The first-order chi connectivity index (χ1) is 13.2. The van der Waals surface area contributed by atoms with E-state index >= 15 is 0 Å². The van der Waals surface area contributed by atoms with Crippen LogP contribution in [-0.2, 0) is 4.74 Å². The lowest BCUT2D eigenvalue weighted by Crippen LogP contribution is -2.50. The van der Waals surface area contributed by atoms with Gasteiger partial charge in [-0.25, -0.2) is 14.8 Å². The minimum Gasteiger partial charge on any atom is -0.444 e. The number of halogens is 1. The van der Waals surface area contributed by atoms with Gasteiger partial charge >= 0.3 is 6.09 Å². The van der Waals surface area contributed by atoms with E-state index in [0.717, 1.165) is 25.9 Å². The average Bonchev–Trinajstić information content (AvgIpc) is 3.13. The van der Waals surface area contributed by atoms with Crippen molar-refractivity contribution in [3.8, 4) is 0 Å². The highest BCUT2D eigenvalue weighted by molar-refractivity contribution is 5.92. The normalized spacial score (nSPS) is 18.3. The summed E-state index contributed by atoms with van der Waals surface area (Å²) in [6, 6.07) is 3.11. The number of hydrogen-bond acceptors (Lipinski definition) is 6. The Kier molecular flexibility index (Phi) is 6.02. The van der Waals surface area contributed by atoms with Gasteiger partial charge in [0.2, 0.25) is 5.95 Å². The molecule has 0 atom stereocenters. The van der Waals surface area contributed by atoms with Crippen LogP contribution in [0.5, 0.6) is 0 Å². The quantitative estimate of drug-likeness (QED) is 0.792. The van der Waals surface area contributed by atoms with Crippen LogP contribution in [0.4, 0.5) is 14.9 Å². The fourth-order valence-corrected chi connectivity index (χ4v) is 3.28. The number of nitrogens with zero attached hydrogens (tertiary/aromatic N) is 4. The highest BCUT2D eigenvalue weighted by Crippen LogP contribution is 2.21. The molecule has 9 heteroatoms. The Morgan fingerprint density at radius 2 is 1.71 bits per heavy atom. The van der Waals surface area contributed by atoms with Crippen molar-refractivity contribution in [2.45, 2.75) is 39.2 Å². The molecule has 1 N–H and O–H groups in total. The predicted molar refractivity (Wildman–Crippen MR) is 102 cm³/mol. The van der Waals surface area contributed by atoms with Crippen LogP contribution in [0.25, 0.3) is 0 Å². The summed E-state index contributed by atoms with van der Waals surface area (Å²) in [6.45, 7) is 8.88. The molecule has 0 saturated carbocycles. The van der Waals surface area contributed by atoms with Gasteiger partial charge in [0.1, 0.15) is 11.3 Å². The Bertz CT molecular complexity index is 723. The summed E-state index contributed by atoms with van der Waals surface area (Å²) in [5.41, 5.74) is 2.60. The van der Waals surface area contributed by atoms with Crippen LogP contribution < -0.4 is 10.3 Å². The van der Waals surface area contributed by atoms with Crippen LogP contribution in [0.3, 0.4) is 0 Å². The smallest absolute Gasteiger partial charge is 0.410 e. The Morgan fingerprint density at radius 1 is 1.07 bits per heavy atom. The number of nitrogens with one attached hydrogen (secondary N) is 1. The second-order valence-electron chi connectivity index (χ2n) is 8.10. The minimum absolute atomic E-state index is 0.0561. The summed E-state index contributed by atoms with van der Waals surface area (Å²) in [6.07, 6.45) is 1.71. The van der Waals surface area contributed by atoms with Gasteiger partial charge in [-0.15, -0.1) is 0 Å². The molecular weight excluding hydrogens is 365 g/mol. The zero-order valence-corrected chi connectivity index (χ0v) is 16.7. The number of anilines is 1. The van der Waals surface area contributed by atoms with Gasteiger partial charge in [-0.1, -0.05) is 0 Å². The van der Waals surface area contributed by atoms with Crippen LogP contribution in [0.2, 0.25) is 0 Å². The molecule has 2 aliphatic rings. The largest absolute Gasteiger partial charge is 0.444 e. The Hall–Kier alpha value is -2.42. The van der Waals surface area contributed by atoms with E-state index in [4.69, 9.17) is 4.74 Å². The monoisotopic (exact) mass is 393 g/mol. The summed E-state index contributed by atoms with van der Waals surface area (Å²) in [4.78, 5) is 31.6. The van der Waals surface area contributed by atoms with Crippen molar-refractivity contribution in [1.82, 2.24) is 20.3 Å². The van der Waals surface area contributed by atoms with Crippen molar-refractivity contribution in [2.75, 3.05) is 44.2 Å². The molecule has 0 unspecified atom stereocenters. The van der Waals surface area contributed by atoms with Crippen LogP contribution in [0.1, 0.15) is 44.1 Å². The molecule has 2 amide bonds. The minimum atomic E-state index is -0.681. The Labute approximate surface area is 164 Å². The van der Waals surface area contributed by atoms with Gasteiger partial charge in [0.05, 0.1) is 5.69 Å². The van der Waals surface area contributed by atoms with E-state index in [1.54, 1.807) is 11.0 Å². The van der Waals surface area contributed by atoms with Crippen LogP contribution in [0, 0.1) is 5.95 Å². The maximum atomic E-state index is 14.5. The van der Waals surface area contributed by atoms with E-state index < -0.39 is 17.5 Å². The number of amides is 2. The standard InChI is InChI=1S/C19H28FN5O3/c1-19(2,3)28-18(27)24-12-10-23(11-13-24)15-7-6-14(21-16(15)20)17(26)22-25-8-4-5-9-25/h6-7H,4-5,8-13H2,1-3H3,(H,22,26). The lowest BCUT2D eigenvalue weighted by molar-refractivity contribution is 0.0240. The van der Waals surface area contributed by atoms with Crippen molar-refractivity contribution < 1.29 is 18.7 Å². The fourth-order valence-electron chi connectivity index (χ4n) is 3.28. The van der Waals surface area contributed by atoms with Gasteiger partial charge in [-0.3, -0.25) is 10.2 Å². The van der Waals surface area contributed by atoms with Crippen molar-refractivity contribution in [3.63, 3.8) is 0 Å². The molecule has 0 bridgehead atoms. The molecule has 2 aliphatic heterocycles. The van der Waals surface area contributed by atoms with Crippen LogP contribution in [-0.4, -0.2) is 71.8 Å². The van der Waals surface area contributed by atoms with Crippen molar-refractivity contribution in [1.29, 1.82) is 0 Å². The first kappa shape index (κ1) is 20.3. The molecule has 2 fully saturated rings. The molecular formula is C19H28FN5O3. The van der Waals surface area contributed by atoms with Crippen LogP contribution in [0.15, 0.2) is 12.1 Å². The molecule has 1 aromatic rings. The summed E-state index contributed by atoms with van der Waals surface area (Å²) in [7, 11) is 0. The zero-order valence-electron chi connectivity index (χ0n) is 16.7. The van der Waals surface area contributed by atoms with E-state index in [2.05, 4.69) is 10.4 Å². The maximum absolute atomic E-state index is 14.5. The molecule has 0 aromatic carbocycles. The lowest BCUT2D eigenvalue weighted by Gasteiger charge is -2.36. The number of aromatic nitrogens is 1. The van der Waals surface area contributed by atoms with Crippen molar-refractivity contribution >= 4 is 17.7 Å². The molecule has 3 heterocycles. The third-order valence-electron chi connectivity index (χ3n) is 4.70. The first-order valence-electron chi connectivity index (χ1n) is 9.68. The fraction of sp³-hybridized carbons (Fsp3) is 0.632. The van der Waals surface area contributed by atoms with Gasteiger partial charge in [0, 0.05) is 39.3 Å². The van der Waals surface area contributed by atoms with E-state index in [-0.39, 0.29) is 11.8 Å². The number of pyridine rings is 1. The molecule has 28 heavy (non-hydrogen) atoms. The van der Waals surface area contributed by atoms with Crippen molar-refractivity contribution in [3.05, 3.63) is 23.8 Å². The number of rotatable bonds is 3. The molecule has 2 saturated heterocycles. The number of piperazine rings is 1. The molecule has 0 aliphatic carbocycles. The molecule has 0 spiro atoms. The summed E-state index contributed by atoms with van der Waals surface area (Å²) >= 11 is 0. The van der Waals surface area contributed by atoms with E-state index in [1.807, 2.05) is 30.7 Å². The summed E-state index contributed by atoms with van der Waals surface area (Å²) in [5, 5.41) is 1.83. The third kappa shape index (κ3) is 5.09.